The second-order valence-electron chi connectivity index (χ2n) is 4.55. The van der Waals surface area contributed by atoms with Crippen molar-refractivity contribution in [1.82, 2.24) is 5.32 Å². The average molecular weight is 235 g/mol. The second kappa shape index (κ2) is 6.62. The Morgan fingerprint density at radius 2 is 2.18 bits per heavy atom. The first kappa shape index (κ1) is 12.4. The SMILES string of the molecule is OCc1ccccc1OCCC1CCCCN1. The minimum Gasteiger partial charge on any atom is -0.493 e. The number of aliphatic hydroxyl groups excluding tert-OH is 1. The van der Waals surface area contributed by atoms with Gasteiger partial charge in [-0.2, -0.15) is 0 Å². The summed E-state index contributed by atoms with van der Waals surface area (Å²) < 4.78 is 5.73. The molecule has 0 spiro atoms. The number of piperidine rings is 1. The molecule has 0 aliphatic carbocycles. The number of hydrogen-bond acceptors (Lipinski definition) is 3. The van der Waals surface area contributed by atoms with Gasteiger partial charge in [0.1, 0.15) is 5.75 Å². The third kappa shape index (κ3) is 3.72. The van der Waals surface area contributed by atoms with E-state index in [1.165, 1.54) is 19.3 Å². The van der Waals surface area contributed by atoms with Crippen LogP contribution < -0.4 is 10.1 Å². The van der Waals surface area contributed by atoms with Crippen LogP contribution in [0.25, 0.3) is 0 Å². The molecule has 0 saturated carbocycles. The van der Waals surface area contributed by atoms with Gasteiger partial charge in [-0.1, -0.05) is 24.6 Å². The van der Waals surface area contributed by atoms with Gasteiger partial charge in [-0.15, -0.1) is 0 Å². The lowest BCUT2D eigenvalue weighted by Gasteiger charge is -2.23. The maximum Gasteiger partial charge on any atom is 0.124 e. The molecule has 0 aromatic heterocycles. The lowest BCUT2D eigenvalue weighted by Crippen LogP contribution is -2.35. The van der Waals surface area contributed by atoms with Gasteiger partial charge < -0.3 is 15.2 Å². The molecule has 94 valence electrons. The van der Waals surface area contributed by atoms with Crippen LogP contribution in [0, 0.1) is 0 Å². The molecule has 17 heavy (non-hydrogen) atoms. The Morgan fingerprint density at radius 1 is 1.29 bits per heavy atom. The summed E-state index contributed by atoms with van der Waals surface area (Å²) in [5.41, 5.74) is 0.865. The Morgan fingerprint density at radius 3 is 2.94 bits per heavy atom. The van der Waals surface area contributed by atoms with Gasteiger partial charge in [0.2, 0.25) is 0 Å². The van der Waals surface area contributed by atoms with E-state index in [1.54, 1.807) is 0 Å². The summed E-state index contributed by atoms with van der Waals surface area (Å²) in [7, 11) is 0. The van der Waals surface area contributed by atoms with E-state index < -0.39 is 0 Å². The highest BCUT2D eigenvalue weighted by atomic mass is 16.5. The normalized spacial score (nSPS) is 20.2. The Kier molecular flexibility index (Phi) is 4.83. The number of nitrogens with one attached hydrogen (secondary N) is 1. The lowest BCUT2D eigenvalue weighted by molar-refractivity contribution is 0.247. The van der Waals surface area contributed by atoms with Crippen molar-refractivity contribution < 1.29 is 9.84 Å². The molecule has 2 rings (SSSR count). The molecule has 3 heteroatoms. The number of ether oxygens (including phenoxy) is 1. The molecule has 1 aromatic rings. The first-order valence-corrected chi connectivity index (χ1v) is 6.45. The van der Waals surface area contributed by atoms with E-state index in [-0.39, 0.29) is 6.61 Å². The highest BCUT2D eigenvalue weighted by Crippen LogP contribution is 2.18. The van der Waals surface area contributed by atoms with Crippen LogP contribution >= 0.6 is 0 Å². The fourth-order valence-corrected chi connectivity index (χ4v) is 2.26. The minimum absolute atomic E-state index is 0.0395. The first-order chi connectivity index (χ1) is 8.40. The molecule has 0 radical (unpaired) electrons. The third-order valence-electron chi connectivity index (χ3n) is 3.28. The number of para-hydroxylation sites is 1. The van der Waals surface area contributed by atoms with Gasteiger partial charge in [0.05, 0.1) is 13.2 Å². The van der Waals surface area contributed by atoms with Crippen molar-refractivity contribution in [2.45, 2.75) is 38.3 Å². The molecule has 1 aliphatic rings. The van der Waals surface area contributed by atoms with Gasteiger partial charge in [-0.25, -0.2) is 0 Å². The van der Waals surface area contributed by atoms with Crippen molar-refractivity contribution in [3.63, 3.8) is 0 Å². The molecule has 0 amide bonds. The van der Waals surface area contributed by atoms with Gasteiger partial charge in [0, 0.05) is 11.6 Å². The highest BCUT2D eigenvalue weighted by molar-refractivity contribution is 5.32. The summed E-state index contributed by atoms with van der Waals surface area (Å²) in [6.07, 6.45) is 4.92. The molecular weight excluding hydrogens is 214 g/mol. The molecule has 3 nitrogen and oxygen atoms in total. The van der Waals surface area contributed by atoms with Gasteiger partial charge >= 0.3 is 0 Å². The van der Waals surface area contributed by atoms with Crippen molar-refractivity contribution in [2.75, 3.05) is 13.2 Å². The summed E-state index contributed by atoms with van der Waals surface area (Å²) in [5, 5.41) is 12.7. The van der Waals surface area contributed by atoms with E-state index in [4.69, 9.17) is 4.74 Å². The van der Waals surface area contributed by atoms with E-state index in [9.17, 15) is 5.11 Å². The van der Waals surface area contributed by atoms with Crippen LogP contribution in [0.1, 0.15) is 31.2 Å². The largest absolute Gasteiger partial charge is 0.493 e. The summed E-state index contributed by atoms with van der Waals surface area (Å²) in [6, 6.07) is 8.27. The zero-order chi connectivity index (χ0) is 11.9. The Labute approximate surface area is 103 Å². The Balaban J connectivity index is 1.77. The molecule has 1 fully saturated rings. The van der Waals surface area contributed by atoms with E-state index >= 15 is 0 Å². The lowest BCUT2D eigenvalue weighted by atomic mass is 10.0. The zero-order valence-corrected chi connectivity index (χ0v) is 10.2. The molecular formula is C14H21NO2. The topological polar surface area (TPSA) is 41.5 Å². The summed E-state index contributed by atoms with van der Waals surface area (Å²) in [6.45, 7) is 1.89. The van der Waals surface area contributed by atoms with Crippen LogP contribution in [-0.4, -0.2) is 24.3 Å². The minimum atomic E-state index is 0.0395. The second-order valence-corrected chi connectivity index (χ2v) is 4.55. The molecule has 1 saturated heterocycles. The van der Waals surface area contributed by atoms with Crippen molar-refractivity contribution >= 4 is 0 Å². The number of hydrogen-bond donors (Lipinski definition) is 2. The van der Waals surface area contributed by atoms with Crippen LogP contribution in [0.2, 0.25) is 0 Å². The molecule has 1 heterocycles. The van der Waals surface area contributed by atoms with Gasteiger partial charge in [0.15, 0.2) is 0 Å². The standard InChI is InChI=1S/C14H21NO2/c16-11-12-5-1-2-7-14(12)17-10-8-13-6-3-4-9-15-13/h1-2,5,7,13,15-16H,3-4,6,8-11H2. The molecule has 1 unspecified atom stereocenters. The Bertz CT molecular complexity index is 335. The molecule has 0 bridgehead atoms. The van der Waals surface area contributed by atoms with E-state index in [0.717, 1.165) is 24.3 Å². The van der Waals surface area contributed by atoms with E-state index in [2.05, 4.69) is 5.32 Å². The van der Waals surface area contributed by atoms with Crippen molar-refractivity contribution in [3.8, 4) is 5.75 Å². The van der Waals surface area contributed by atoms with Crippen LogP contribution in [0.3, 0.4) is 0 Å². The maximum atomic E-state index is 9.17. The van der Waals surface area contributed by atoms with Crippen molar-refractivity contribution in [3.05, 3.63) is 29.8 Å². The quantitative estimate of drug-likeness (QED) is 0.821. The summed E-state index contributed by atoms with van der Waals surface area (Å²) in [5.74, 6) is 0.811. The van der Waals surface area contributed by atoms with Crippen LogP contribution in [-0.2, 0) is 6.61 Å². The monoisotopic (exact) mass is 235 g/mol. The fourth-order valence-electron chi connectivity index (χ4n) is 2.26. The molecule has 1 atom stereocenters. The van der Waals surface area contributed by atoms with Gasteiger partial charge in [-0.3, -0.25) is 0 Å². The van der Waals surface area contributed by atoms with Crippen LogP contribution in [0.15, 0.2) is 24.3 Å². The third-order valence-corrected chi connectivity index (χ3v) is 3.28. The highest BCUT2D eigenvalue weighted by Gasteiger charge is 2.12. The molecule has 1 aromatic carbocycles. The number of rotatable bonds is 5. The first-order valence-electron chi connectivity index (χ1n) is 6.45. The summed E-state index contributed by atoms with van der Waals surface area (Å²) in [4.78, 5) is 0. The van der Waals surface area contributed by atoms with Crippen LogP contribution in [0.4, 0.5) is 0 Å². The fraction of sp³-hybridized carbons (Fsp3) is 0.571. The Hall–Kier alpha value is -1.06. The molecule has 2 N–H and O–H groups in total. The molecule has 1 aliphatic heterocycles. The predicted octanol–water partition coefficient (Wildman–Crippen LogP) is 2.09. The number of aliphatic hydroxyl groups is 1. The van der Waals surface area contributed by atoms with E-state index in [1.807, 2.05) is 24.3 Å². The van der Waals surface area contributed by atoms with Crippen LogP contribution in [0.5, 0.6) is 5.75 Å². The van der Waals surface area contributed by atoms with Crippen molar-refractivity contribution in [2.24, 2.45) is 0 Å². The maximum absolute atomic E-state index is 9.17. The summed E-state index contributed by atoms with van der Waals surface area (Å²) >= 11 is 0. The predicted molar refractivity (Wildman–Crippen MR) is 68.1 cm³/mol. The van der Waals surface area contributed by atoms with E-state index in [0.29, 0.717) is 12.6 Å². The van der Waals surface area contributed by atoms with Gasteiger partial charge in [-0.05, 0) is 31.9 Å². The van der Waals surface area contributed by atoms with Crippen molar-refractivity contribution in [1.29, 1.82) is 0 Å². The zero-order valence-electron chi connectivity index (χ0n) is 10.2. The van der Waals surface area contributed by atoms with Gasteiger partial charge in [0.25, 0.3) is 0 Å². The smallest absolute Gasteiger partial charge is 0.124 e. The number of benzene rings is 1. The average Bonchev–Trinajstić information content (AvgIpc) is 2.40.